The van der Waals surface area contributed by atoms with Crippen molar-refractivity contribution in [2.24, 2.45) is 4.99 Å². The molecule has 7 nitrogen and oxygen atoms in total. The van der Waals surface area contributed by atoms with Gasteiger partial charge in [0.2, 0.25) is 11.9 Å². The number of hydrogen-bond acceptors (Lipinski definition) is 4. The fourth-order valence-electron chi connectivity index (χ4n) is 2.88. The summed E-state index contributed by atoms with van der Waals surface area (Å²) in [4.78, 5) is 28.5. The Labute approximate surface area is 178 Å². The van der Waals surface area contributed by atoms with E-state index in [4.69, 9.17) is 4.74 Å². The molecule has 1 saturated heterocycles. The minimum Gasteiger partial charge on any atom is -0.376 e. The lowest BCUT2D eigenvalue weighted by molar-refractivity contribution is -0.114. The van der Waals surface area contributed by atoms with Crippen LogP contribution in [0, 0.1) is 0 Å². The monoisotopic (exact) mass is 458 g/mol. The highest BCUT2D eigenvalue weighted by Crippen LogP contribution is 2.15. The molecule has 3 rings (SSSR count). The van der Waals surface area contributed by atoms with Gasteiger partial charge < -0.3 is 15.4 Å². The SMILES string of the molecule is CC(=O)Nc1cccc(C(=O)NC(=NC[C@@H]2CCCO2)Nc2ccc(Br)cc2)c1. The zero-order chi connectivity index (χ0) is 20.6. The molecule has 29 heavy (non-hydrogen) atoms. The lowest BCUT2D eigenvalue weighted by Gasteiger charge is -2.14. The number of nitrogens with zero attached hydrogens (tertiary/aromatic N) is 1. The predicted octanol–water partition coefficient (Wildman–Crippen LogP) is 3.78. The summed E-state index contributed by atoms with van der Waals surface area (Å²) < 4.78 is 6.58. The first-order valence-electron chi connectivity index (χ1n) is 9.37. The highest BCUT2D eigenvalue weighted by Gasteiger charge is 2.16. The third kappa shape index (κ3) is 6.69. The van der Waals surface area contributed by atoms with Gasteiger partial charge in [-0.1, -0.05) is 22.0 Å². The van der Waals surface area contributed by atoms with Gasteiger partial charge in [-0.25, -0.2) is 4.99 Å². The summed E-state index contributed by atoms with van der Waals surface area (Å²) in [7, 11) is 0. The summed E-state index contributed by atoms with van der Waals surface area (Å²) in [5.74, 6) is -0.177. The van der Waals surface area contributed by atoms with E-state index in [2.05, 4.69) is 36.9 Å². The molecule has 1 atom stereocenters. The van der Waals surface area contributed by atoms with Crippen molar-refractivity contribution in [1.29, 1.82) is 0 Å². The largest absolute Gasteiger partial charge is 0.376 e. The first-order valence-corrected chi connectivity index (χ1v) is 10.2. The predicted molar refractivity (Wildman–Crippen MR) is 117 cm³/mol. The Kier molecular flexibility index (Phi) is 7.37. The molecule has 1 aliphatic heterocycles. The number of benzene rings is 2. The zero-order valence-electron chi connectivity index (χ0n) is 16.1. The molecule has 0 bridgehead atoms. The van der Waals surface area contributed by atoms with Gasteiger partial charge in [0.1, 0.15) is 0 Å². The van der Waals surface area contributed by atoms with Gasteiger partial charge in [-0.2, -0.15) is 0 Å². The van der Waals surface area contributed by atoms with E-state index in [1.54, 1.807) is 24.3 Å². The van der Waals surface area contributed by atoms with Crippen molar-refractivity contribution in [1.82, 2.24) is 5.32 Å². The van der Waals surface area contributed by atoms with E-state index in [-0.39, 0.29) is 17.9 Å². The summed E-state index contributed by atoms with van der Waals surface area (Å²) in [6.45, 7) is 2.63. The van der Waals surface area contributed by atoms with Crippen molar-refractivity contribution in [3.63, 3.8) is 0 Å². The minimum atomic E-state index is -0.326. The third-order valence-electron chi connectivity index (χ3n) is 4.26. The molecule has 2 aromatic carbocycles. The Bertz CT molecular complexity index is 893. The van der Waals surface area contributed by atoms with Crippen LogP contribution in [0.1, 0.15) is 30.1 Å². The van der Waals surface area contributed by atoms with Crippen molar-refractivity contribution in [3.05, 3.63) is 58.6 Å². The number of carbonyl (C=O) groups excluding carboxylic acids is 2. The number of rotatable bonds is 5. The maximum absolute atomic E-state index is 12.8. The zero-order valence-corrected chi connectivity index (χ0v) is 17.7. The van der Waals surface area contributed by atoms with Gasteiger partial charge in [-0.3, -0.25) is 14.9 Å². The number of guanidine groups is 1. The summed E-state index contributed by atoms with van der Waals surface area (Å²) in [6.07, 6.45) is 2.05. The summed E-state index contributed by atoms with van der Waals surface area (Å²) in [5, 5.41) is 8.65. The summed E-state index contributed by atoms with van der Waals surface area (Å²) in [6, 6.07) is 14.3. The molecular weight excluding hydrogens is 436 g/mol. The fourth-order valence-corrected chi connectivity index (χ4v) is 3.15. The molecule has 1 heterocycles. The molecule has 0 unspecified atom stereocenters. The van der Waals surface area contributed by atoms with Gasteiger partial charge >= 0.3 is 0 Å². The summed E-state index contributed by atoms with van der Waals surface area (Å²) >= 11 is 3.41. The smallest absolute Gasteiger partial charge is 0.258 e. The van der Waals surface area contributed by atoms with Crippen molar-refractivity contribution in [2.75, 3.05) is 23.8 Å². The molecule has 2 aromatic rings. The number of carbonyl (C=O) groups is 2. The molecule has 0 aliphatic carbocycles. The maximum atomic E-state index is 12.8. The highest BCUT2D eigenvalue weighted by atomic mass is 79.9. The molecule has 2 amide bonds. The maximum Gasteiger partial charge on any atom is 0.258 e. The third-order valence-corrected chi connectivity index (χ3v) is 4.79. The van der Waals surface area contributed by atoms with E-state index in [0.29, 0.717) is 23.8 Å². The second-order valence-electron chi connectivity index (χ2n) is 6.67. The van der Waals surface area contributed by atoms with E-state index in [1.165, 1.54) is 6.92 Å². The molecule has 0 aromatic heterocycles. The topological polar surface area (TPSA) is 91.8 Å². The molecular formula is C21H23BrN4O3. The van der Waals surface area contributed by atoms with Crippen molar-refractivity contribution >= 4 is 45.1 Å². The van der Waals surface area contributed by atoms with Gasteiger partial charge in [0.15, 0.2) is 0 Å². The van der Waals surface area contributed by atoms with Crippen molar-refractivity contribution < 1.29 is 14.3 Å². The summed E-state index contributed by atoms with van der Waals surface area (Å²) in [5.41, 5.74) is 1.77. The Morgan fingerprint density at radius 1 is 1.14 bits per heavy atom. The average Bonchev–Trinajstić information content (AvgIpc) is 3.21. The van der Waals surface area contributed by atoms with E-state index in [1.807, 2.05) is 24.3 Å². The van der Waals surface area contributed by atoms with Crippen LogP contribution < -0.4 is 16.0 Å². The first-order chi connectivity index (χ1) is 14.0. The lowest BCUT2D eigenvalue weighted by Crippen LogP contribution is -2.36. The molecule has 0 radical (unpaired) electrons. The number of nitrogens with one attached hydrogen (secondary N) is 3. The standard InChI is InChI=1S/C21H23BrN4O3/c1-14(27)24-18-5-2-4-15(12-18)20(28)26-21(23-13-19-6-3-11-29-19)25-17-9-7-16(22)8-10-17/h2,4-5,7-10,12,19H,3,6,11,13H2,1H3,(H,24,27)(H2,23,25,26,28)/t19-/m0/s1. The second-order valence-corrected chi connectivity index (χ2v) is 7.59. The van der Waals surface area contributed by atoms with Crippen LogP contribution in [0.25, 0.3) is 0 Å². The van der Waals surface area contributed by atoms with Gasteiger partial charge in [0.25, 0.3) is 5.91 Å². The molecule has 3 N–H and O–H groups in total. The number of anilines is 2. The van der Waals surface area contributed by atoms with E-state index in [0.717, 1.165) is 29.6 Å². The molecule has 1 fully saturated rings. The van der Waals surface area contributed by atoms with Crippen LogP contribution in [-0.2, 0) is 9.53 Å². The van der Waals surface area contributed by atoms with E-state index >= 15 is 0 Å². The van der Waals surface area contributed by atoms with Gasteiger partial charge in [-0.05, 0) is 55.3 Å². The number of halogens is 1. The highest BCUT2D eigenvalue weighted by molar-refractivity contribution is 9.10. The van der Waals surface area contributed by atoms with Crippen molar-refractivity contribution in [2.45, 2.75) is 25.9 Å². The molecule has 152 valence electrons. The number of aliphatic imine (C=N–C) groups is 1. The normalized spacial score (nSPS) is 16.3. The number of ether oxygens (including phenoxy) is 1. The quantitative estimate of drug-likeness (QED) is 0.469. The van der Waals surface area contributed by atoms with E-state index < -0.39 is 0 Å². The molecule has 0 spiro atoms. The first kappa shape index (κ1) is 21.0. The Morgan fingerprint density at radius 2 is 1.93 bits per heavy atom. The van der Waals surface area contributed by atoms with Gasteiger partial charge in [0, 0.05) is 34.9 Å². The van der Waals surface area contributed by atoms with Crippen LogP contribution in [0.4, 0.5) is 11.4 Å². The Balaban J connectivity index is 1.74. The van der Waals surface area contributed by atoms with Crippen LogP contribution in [-0.4, -0.2) is 37.0 Å². The number of hydrogen-bond donors (Lipinski definition) is 3. The van der Waals surface area contributed by atoms with Crippen LogP contribution in [0.15, 0.2) is 58.0 Å². The van der Waals surface area contributed by atoms with Crippen LogP contribution in [0.5, 0.6) is 0 Å². The Morgan fingerprint density at radius 3 is 2.62 bits per heavy atom. The molecule has 1 aliphatic rings. The van der Waals surface area contributed by atoms with Gasteiger partial charge in [0.05, 0.1) is 12.6 Å². The van der Waals surface area contributed by atoms with Crippen molar-refractivity contribution in [3.8, 4) is 0 Å². The lowest BCUT2D eigenvalue weighted by atomic mass is 10.2. The van der Waals surface area contributed by atoms with Gasteiger partial charge in [-0.15, -0.1) is 0 Å². The van der Waals surface area contributed by atoms with E-state index in [9.17, 15) is 9.59 Å². The number of amides is 2. The molecule has 8 heteroatoms. The van der Waals surface area contributed by atoms with Crippen LogP contribution in [0.2, 0.25) is 0 Å². The van der Waals surface area contributed by atoms with Crippen LogP contribution >= 0.6 is 15.9 Å². The Hall–Kier alpha value is -2.71. The fraction of sp³-hybridized carbons (Fsp3) is 0.286. The minimum absolute atomic E-state index is 0.0664. The van der Waals surface area contributed by atoms with Crippen LogP contribution in [0.3, 0.4) is 0 Å². The molecule has 0 saturated carbocycles. The average molecular weight is 459 g/mol. The second kappa shape index (κ2) is 10.2.